The average Bonchev–Trinajstić information content (AvgIpc) is 3.13. The van der Waals surface area contributed by atoms with E-state index >= 15 is 0 Å². The third kappa shape index (κ3) is 5.15. The van der Waals surface area contributed by atoms with Crippen molar-refractivity contribution in [2.24, 2.45) is 17.1 Å². The summed E-state index contributed by atoms with van der Waals surface area (Å²) in [6.45, 7) is 9.43. The van der Waals surface area contributed by atoms with Crippen LogP contribution in [0.15, 0.2) is 0 Å². The van der Waals surface area contributed by atoms with E-state index in [0.29, 0.717) is 0 Å². The molecule has 0 saturated heterocycles. The molecule has 0 aromatic carbocycles. The number of halogens is 1. The maximum Gasteiger partial charge on any atom is 0.242 e. The predicted molar refractivity (Wildman–Crippen MR) is 110 cm³/mol. The summed E-state index contributed by atoms with van der Waals surface area (Å²) in [4.78, 5) is 27.0. The smallest absolute Gasteiger partial charge is 0.242 e. The average molecular weight is 404 g/mol. The van der Waals surface area contributed by atoms with Gasteiger partial charge in [-0.15, -0.1) is 12.4 Å². The van der Waals surface area contributed by atoms with Crippen molar-refractivity contribution in [3.05, 3.63) is 0 Å². The third-order valence-electron chi connectivity index (χ3n) is 6.24. The molecule has 0 aliphatic heterocycles. The monoisotopic (exact) mass is 403 g/mol. The molecule has 3 atom stereocenters. The summed E-state index contributed by atoms with van der Waals surface area (Å²) in [5.74, 6) is -0.194. The highest BCUT2D eigenvalue weighted by atomic mass is 35.5. The Morgan fingerprint density at radius 1 is 1.26 bits per heavy atom. The lowest BCUT2D eigenvalue weighted by atomic mass is 9.60. The Balaban J connectivity index is 0.00000364. The van der Waals surface area contributed by atoms with E-state index in [2.05, 4.69) is 12.2 Å². The second-order valence-corrected chi connectivity index (χ2v) is 8.21. The lowest BCUT2D eigenvalue weighted by Gasteiger charge is -2.57. The summed E-state index contributed by atoms with van der Waals surface area (Å²) in [7, 11) is 0. The molecule has 0 radical (unpaired) electrons. The summed E-state index contributed by atoms with van der Waals surface area (Å²) in [5.41, 5.74) is 5.99. The molecule has 1 spiro atoms. The van der Waals surface area contributed by atoms with Gasteiger partial charge in [0, 0.05) is 24.6 Å². The van der Waals surface area contributed by atoms with Crippen molar-refractivity contribution in [1.82, 2.24) is 10.2 Å². The predicted octanol–water partition coefficient (Wildman–Crippen LogP) is 2.48. The number of nitrogens with zero attached hydrogens (tertiary/aromatic N) is 1. The number of ether oxygens (including phenoxy) is 1. The van der Waals surface area contributed by atoms with Crippen LogP contribution in [-0.2, 0) is 14.3 Å². The number of hydrogen-bond acceptors (Lipinski definition) is 4. The molecule has 0 aromatic rings. The zero-order valence-corrected chi connectivity index (χ0v) is 18.1. The van der Waals surface area contributed by atoms with Crippen LogP contribution >= 0.6 is 12.4 Å². The molecule has 0 bridgehead atoms. The van der Waals surface area contributed by atoms with Gasteiger partial charge in [0.1, 0.15) is 0 Å². The number of carbonyl (C=O) groups is 2. The van der Waals surface area contributed by atoms with E-state index in [1.165, 1.54) is 12.8 Å². The number of nitrogens with two attached hydrogens (primary N) is 1. The molecule has 2 aliphatic carbocycles. The molecule has 2 fully saturated rings. The van der Waals surface area contributed by atoms with Crippen molar-refractivity contribution in [3.63, 3.8) is 0 Å². The maximum atomic E-state index is 12.9. The summed E-state index contributed by atoms with van der Waals surface area (Å²) in [6.07, 6.45) is 6.82. The van der Waals surface area contributed by atoms with Crippen LogP contribution in [0.25, 0.3) is 0 Å². The van der Waals surface area contributed by atoms with Crippen LogP contribution in [0.5, 0.6) is 0 Å². The molecule has 2 amide bonds. The molecule has 6 nitrogen and oxygen atoms in total. The zero-order chi connectivity index (χ0) is 19.3. The minimum absolute atomic E-state index is 0. The van der Waals surface area contributed by atoms with E-state index in [4.69, 9.17) is 10.5 Å². The SMILES string of the molecule is CCCN(C(=O)CNC(=O)[C@@H](N)C(C)C)C1CC(OCC)C12CCCC2.Cl. The van der Waals surface area contributed by atoms with Crippen molar-refractivity contribution in [2.75, 3.05) is 19.7 Å². The maximum absolute atomic E-state index is 12.9. The molecule has 0 heterocycles. The summed E-state index contributed by atoms with van der Waals surface area (Å²) in [5, 5.41) is 2.73. The Labute approximate surface area is 170 Å². The molecule has 2 rings (SSSR count). The number of rotatable bonds is 9. The van der Waals surface area contributed by atoms with Gasteiger partial charge in [-0.25, -0.2) is 0 Å². The molecule has 2 aliphatic rings. The normalized spacial score (nSPS) is 24.2. The molecule has 7 heteroatoms. The van der Waals surface area contributed by atoms with E-state index in [1.54, 1.807) is 0 Å². The number of amides is 2. The zero-order valence-electron chi connectivity index (χ0n) is 17.3. The largest absolute Gasteiger partial charge is 0.378 e. The Kier molecular flexibility index (Phi) is 9.52. The molecule has 2 unspecified atom stereocenters. The van der Waals surface area contributed by atoms with Gasteiger partial charge in [0.25, 0.3) is 0 Å². The van der Waals surface area contributed by atoms with Gasteiger partial charge in [-0.3, -0.25) is 9.59 Å². The summed E-state index contributed by atoms with van der Waals surface area (Å²) < 4.78 is 5.99. The molecular formula is C20H38ClN3O3. The third-order valence-corrected chi connectivity index (χ3v) is 6.24. The quantitative estimate of drug-likeness (QED) is 0.619. The number of carbonyl (C=O) groups excluding carboxylic acids is 2. The van der Waals surface area contributed by atoms with Gasteiger partial charge in [0.05, 0.1) is 18.7 Å². The fraction of sp³-hybridized carbons (Fsp3) is 0.900. The van der Waals surface area contributed by atoms with Crippen molar-refractivity contribution in [3.8, 4) is 0 Å². The van der Waals surface area contributed by atoms with Crippen LogP contribution < -0.4 is 11.1 Å². The van der Waals surface area contributed by atoms with Crippen molar-refractivity contribution in [2.45, 2.75) is 84.4 Å². The number of hydrogen-bond donors (Lipinski definition) is 2. The second-order valence-electron chi connectivity index (χ2n) is 8.21. The molecule has 3 N–H and O–H groups in total. The van der Waals surface area contributed by atoms with Gasteiger partial charge >= 0.3 is 0 Å². The minimum atomic E-state index is -0.574. The Hall–Kier alpha value is -0.850. The molecular weight excluding hydrogens is 366 g/mol. The molecule has 0 aromatic heterocycles. The van der Waals surface area contributed by atoms with E-state index in [0.717, 1.165) is 38.8 Å². The van der Waals surface area contributed by atoms with Crippen LogP contribution in [0.4, 0.5) is 0 Å². The molecule has 27 heavy (non-hydrogen) atoms. The highest BCUT2D eigenvalue weighted by molar-refractivity contribution is 5.87. The highest BCUT2D eigenvalue weighted by Gasteiger charge is 2.59. The van der Waals surface area contributed by atoms with Crippen LogP contribution in [-0.4, -0.2) is 54.6 Å². The topological polar surface area (TPSA) is 84.7 Å². The van der Waals surface area contributed by atoms with Gasteiger partial charge in [0.15, 0.2) is 0 Å². The highest BCUT2D eigenvalue weighted by Crippen LogP contribution is 2.56. The first-order valence-corrected chi connectivity index (χ1v) is 10.3. The first-order chi connectivity index (χ1) is 12.4. The molecule has 158 valence electrons. The van der Waals surface area contributed by atoms with Crippen molar-refractivity contribution >= 4 is 24.2 Å². The molecule has 2 saturated carbocycles. The summed E-state index contributed by atoms with van der Waals surface area (Å²) >= 11 is 0. The van der Waals surface area contributed by atoms with E-state index < -0.39 is 6.04 Å². The van der Waals surface area contributed by atoms with Gasteiger partial charge in [0.2, 0.25) is 11.8 Å². The number of nitrogens with one attached hydrogen (secondary N) is 1. The van der Waals surface area contributed by atoms with E-state index in [1.807, 2.05) is 25.7 Å². The Morgan fingerprint density at radius 2 is 1.89 bits per heavy atom. The van der Waals surface area contributed by atoms with Gasteiger partial charge in [-0.1, -0.05) is 33.6 Å². The van der Waals surface area contributed by atoms with Crippen LogP contribution in [0.1, 0.15) is 66.2 Å². The van der Waals surface area contributed by atoms with E-state index in [-0.39, 0.29) is 54.2 Å². The first-order valence-electron chi connectivity index (χ1n) is 10.3. The Bertz CT molecular complexity index is 495. The lowest BCUT2D eigenvalue weighted by molar-refractivity contribution is -0.176. The van der Waals surface area contributed by atoms with E-state index in [9.17, 15) is 9.59 Å². The van der Waals surface area contributed by atoms with Crippen LogP contribution in [0.3, 0.4) is 0 Å². The van der Waals surface area contributed by atoms with Gasteiger partial charge in [-0.05, 0) is 38.5 Å². The fourth-order valence-electron chi connectivity index (χ4n) is 4.67. The first kappa shape index (κ1) is 24.2. The Morgan fingerprint density at radius 3 is 2.41 bits per heavy atom. The summed E-state index contributed by atoms with van der Waals surface area (Å²) in [6, 6.07) is -0.334. The van der Waals surface area contributed by atoms with Crippen molar-refractivity contribution in [1.29, 1.82) is 0 Å². The van der Waals surface area contributed by atoms with Crippen LogP contribution in [0, 0.1) is 11.3 Å². The second kappa shape index (κ2) is 10.6. The fourth-order valence-corrected chi connectivity index (χ4v) is 4.67. The lowest BCUT2D eigenvalue weighted by Crippen LogP contribution is -2.65. The minimum Gasteiger partial charge on any atom is -0.378 e. The van der Waals surface area contributed by atoms with Gasteiger partial charge < -0.3 is 20.7 Å². The standard InChI is InChI=1S/C20H37N3O3.ClH/c1-5-11-23(17(24)13-22-19(25)18(21)14(3)4)15-12-16(26-6-2)20(15)9-7-8-10-20;/h14-16,18H,5-13,21H2,1-4H3,(H,22,25);1H/t15?,16?,18-;/m0./s1. The van der Waals surface area contributed by atoms with Crippen molar-refractivity contribution < 1.29 is 14.3 Å². The van der Waals surface area contributed by atoms with Gasteiger partial charge in [-0.2, -0.15) is 0 Å². The van der Waals surface area contributed by atoms with Crippen LogP contribution in [0.2, 0.25) is 0 Å².